The number of nitrogens with zero attached hydrogens (tertiary/aromatic N) is 1. The minimum Gasteiger partial charge on any atom is -0.511 e. The molecule has 0 spiro atoms. The van der Waals surface area contributed by atoms with E-state index < -0.39 is 52.0 Å². The number of benzene rings is 1. The maximum atomic E-state index is 13.5. The van der Waals surface area contributed by atoms with E-state index in [1.54, 1.807) is 0 Å². The van der Waals surface area contributed by atoms with E-state index in [0.29, 0.717) is 22.7 Å². The molecule has 35 heavy (non-hydrogen) atoms. The van der Waals surface area contributed by atoms with Gasteiger partial charge in [0.1, 0.15) is 22.8 Å². The van der Waals surface area contributed by atoms with Gasteiger partial charge in [-0.1, -0.05) is 18.5 Å². The number of aromatic hydroxyl groups is 1. The van der Waals surface area contributed by atoms with Gasteiger partial charge in [0, 0.05) is 35.5 Å². The Balaban J connectivity index is 1.81. The fourth-order valence-electron chi connectivity index (χ4n) is 5.57. The number of carbonyl (C=O) groups excluding carboxylic acids is 3. The number of phenolic OH excluding ortho intramolecular Hbond substituents is 1. The molecule has 188 valence electrons. The van der Waals surface area contributed by atoms with E-state index in [-0.39, 0.29) is 42.2 Å². The van der Waals surface area contributed by atoms with Crippen LogP contribution in [0.4, 0.5) is 0 Å². The number of fused-ring (bicyclic) bond motifs is 3. The summed E-state index contributed by atoms with van der Waals surface area (Å²) in [5, 5.41) is 43.7. The molecular formula is C25H29ClN2O7. The molecule has 0 heterocycles. The smallest absolute Gasteiger partial charge is 0.255 e. The molecule has 1 aromatic rings. The van der Waals surface area contributed by atoms with Crippen molar-refractivity contribution in [2.24, 2.45) is 17.6 Å². The number of amides is 1. The normalized spacial score (nSPS) is 27.0. The van der Waals surface area contributed by atoms with Crippen molar-refractivity contribution in [1.82, 2.24) is 4.90 Å². The van der Waals surface area contributed by atoms with Gasteiger partial charge in [-0.3, -0.25) is 19.3 Å². The summed E-state index contributed by atoms with van der Waals surface area (Å²) in [6.45, 7) is 4.58. The molecule has 4 rings (SSSR count). The number of Topliss-reactive ketones (excluding diaryl/α,β-unsaturated/α-hetero) is 2. The van der Waals surface area contributed by atoms with Gasteiger partial charge in [-0.05, 0) is 56.3 Å². The lowest BCUT2D eigenvalue weighted by Crippen LogP contribution is -2.57. The van der Waals surface area contributed by atoms with Gasteiger partial charge >= 0.3 is 0 Å². The van der Waals surface area contributed by atoms with Gasteiger partial charge in [-0.25, -0.2) is 0 Å². The van der Waals surface area contributed by atoms with Crippen LogP contribution in [0.5, 0.6) is 5.75 Å². The van der Waals surface area contributed by atoms with Crippen LogP contribution in [0, 0.1) is 11.8 Å². The molecule has 10 heteroatoms. The molecule has 3 aliphatic rings. The van der Waals surface area contributed by atoms with Gasteiger partial charge in [-0.2, -0.15) is 0 Å². The van der Waals surface area contributed by atoms with Crippen molar-refractivity contribution < 1.29 is 34.8 Å². The molecule has 0 radical (unpaired) electrons. The topological polar surface area (TPSA) is 161 Å². The summed E-state index contributed by atoms with van der Waals surface area (Å²) in [6, 6.07) is 1.69. The van der Waals surface area contributed by atoms with Crippen molar-refractivity contribution in [2.75, 3.05) is 7.05 Å². The zero-order valence-electron chi connectivity index (χ0n) is 19.8. The zero-order chi connectivity index (χ0) is 26.0. The fraction of sp³-hybridized carbons (Fsp3) is 0.480. The van der Waals surface area contributed by atoms with Gasteiger partial charge in [0.2, 0.25) is 5.78 Å². The molecule has 6 N–H and O–H groups in total. The Bertz CT molecular complexity index is 1220. The molecule has 0 bridgehead atoms. The van der Waals surface area contributed by atoms with Crippen LogP contribution >= 0.6 is 11.6 Å². The first-order valence-electron chi connectivity index (χ1n) is 11.5. The minimum atomic E-state index is -2.58. The second-order valence-corrected chi connectivity index (χ2v) is 10.2. The Labute approximate surface area is 207 Å². The highest BCUT2D eigenvalue weighted by atomic mass is 35.5. The predicted molar refractivity (Wildman–Crippen MR) is 127 cm³/mol. The Hall–Kier alpha value is -2.88. The van der Waals surface area contributed by atoms with E-state index in [4.69, 9.17) is 17.3 Å². The largest absolute Gasteiger partial charge is 0.511 e. The van der Waals surface area contributed by atoms with Crippen LogP contribution in [-0.4, -0.2) is 61.5 Å². The number of aliphatic hydroxyl groups excluding tert-OH is 2. The summed E-state index contributed by atoms with van der Waals surface area (Å²) in [5.74, 6) is -6.55. The van der Waals surface area contributed by atoms with E-state index in [9.17, 15) is 34.8 Å². The van der Waals surface area contributed by atoms with Crippen molar-refractivity contribution in [3.8, 4) is 5.75 Å². The minimum absolute atomic E-state index is 0.0665. The number of nitrogens with two attached hydrogens (primary N) is 1. The van der Waals surface area contributed by atoms with Crippen LogP contribution in [0.1, 0.15) is 54.6 Å². The first-order chi connectivity index (χ1) is 16.3. The molecule has 4 atom stereocenters. The van der Waals surface area contributed by atoms with Crippen molar-refractivity contribution in [3.05, 3.63) is 50.4 Å². The lowest BCUT2D eigenvalue weighted by atomic mass is 9.60. The second kappa shape index (κ2) is 8.65. The maximum Gasteiger partial charge on any atom is 0.255 e. The molecule has 0 aromatic heterocycles. The number of phenols is 1. The third kappa shape index (κ3) is 3.64. The fourth-order valence-corrected chi connectivity index (χ4v) is 5.86. The third-order valence-electron chi connectivity index (χ3n) is 7.83. The van der Waals surface area contributed by atoms with Crippen molar-refractivity contribution in [3.63, 3.8) is 0 Å². The Morgan fingerprint density at radius 3 is 2.54 bits per heavy atom. The number of carbonyl (C=O) groups is 3. The molecule has 9 nitrogen and oxygen atoms in total. The van der Waals surface area contributed by atoms with Crippen molar-refractivity contribution >= 4 is 29.1 Å². The summed E-state index contributed by atoms with van der Waals surface area (Å²) in [6.07, 6.45) is 0.896. The lowest BCUT2D eigenvalue weighted by molar-refractivity contribution is -0.144. The van der Waals surface area contributed by atoms with Crippen LogP contribution in [-0.2, 0) is 22.6 Å². The van der Waals surface area contributed by atoms with Gasteiger partial charge in [0.15, 0.2) is 11.4 Å². The molecule has 3 unspecified atom stereocenters. The van der Waals surface area contributed by atoms with Gasteiger partial charge < -0.3 is 26.2 Å². The molecule has 0 saturated carbocycles. The van der Waals surface area contributed by atoms with E-state index in [1.165, 1.54) is 6.07 Å². The Kier molecular flexibility index (Phi) is 6.24. The summed E-state index contributed by atoms with van der Waals surface area (Å²) in [4.78, 5) is 40.3. The predicted octanol–water partition coefficient (Wildman–Crippen LogP) is 2.46. The average molecular weight is 505 g/mol. The number of allylic oxidation sites excluding steroid dienone is 2. The number of hydrogen-bond acceptors (Lipinski definition) is 8. The number of rotatable bonds is 5. The van der Waals surface area contributed by atoms with Crippen LogP contribution in [0.15, 0.2) is 28.7 Å². The molecule has 0 aliphatic heterocycles. The quantitative estimate of drug-likeness (QED) is 0.382. The Morgan fingerprint density at radius 1 is 1.29 bits per heavy atom. The number of halogens is 1. The summed E-state index contributed by atoms with van der Waals surface area (Å²) in [5.41, 5.74) is 2.65. The van der Waals surface area contributed by atoms with Gasteiger partial charge in [0.05, 0.1) is 5.56 Å². The SMILES string of the molecule is CC[C@@H](C)N(C)Cc1cc(O)c2c(c1Cl)CC1CC3CC(O)=C(C(N)=O)C(=O)C3(O)C(O)=C1C2=O. The van der Waals surface area contributed by atoms with E-state index in [2.05, 4.69) is 18.7 Å². The number of primary amides is 1. The highest BCUT2D eigenvalue weighted by Crippen LogP contribution is 2.52. The lowest BCUT2D eigenvalue weighted by Gasteiger charge is -2.45. The molecule has 0 fully saturated rings. The monoisotopic (exact) mass is 504 g/mol. The van der Waals surface area contributed by atoms with Crippen LogP contribution in [0.2, 0.25) is 5.02 Å². The van der Waals surface area contributed by atoms with Crippen molar-refractivity contribution in [2.45, 2.75) is 57.7 Å². The Morgan fingerprint density at radius 2 is 1.94 bits per heavy atom. The zero-order valence-corrected chi connectivity index (χ0v) is 20.5. The van der Waals surface area contributed by atoms with E-state index >= 15 is 0 Å². The first-order valence-corrected chi connectivity index (χ1v) is 11.9. The highest BCUT2D eigenvalue weighted by molar-refractivity contribution is 6.33. The first kappa shape index (κ1) is 25.2. The van der Waals surface area contributed by atoms with E-state index in [1.807, 2.05) is 7.05 Å². The molecule has 1 aromatic carbocycles. The number of aliphatic hydroxyl groups is 3. The second-order valence-electron chi connectivity index (χ2n) is 9.81. The summed E-state index contributed by atoms with van der Waals surface area (Å²) in [7, 11) is 1.94. The molecular weight excluding hydrogens is 476 g/mol. The van der Waals surface area contributed by atoms with E-state index in [0.717, 1.165) is 6.42 Å². The molecule has 1 amide bonds. The highest BCUT2D eigenvalue weighted by Gasteiger charge is 2.59. The van der Waals surface area contributed by atoms with Crippen molar-refractivity contribution in [1.29, 1.82) is 0 Å². The van der Waals surface area contributed by atoms with Crippen LogP contribution in [0.3, 0.4) is 0 Å². The maximum absolute atomic E-state index is 13.5. The molecule has 3 aliphatic carbocycles. The van der Waals surface area contributed by atoms with Crippen LogP contribution < -0.4 is 5.73 Å². The third-order valence-corrected chi connectivity index (χ3v) is 8.30. The number of hydrogen-bond donors (Lipinski definition) is 5. The standard InChI is InChI=1S/C25H29ClN2O7/c1-4-10(2)28(3)9-12-7-15(29)18-14(20(12)26)6-11-5-13-8-16(30)19(24(27)34)23(33)25(13,35)22(32)17(11)21(18)31/h7,10-11,13,29-30,32,35H,4-6,8-9H2,1-3H3,(H2,27,34)/t10-,11?,13?,25?/m1/s1. The summed E-state index contributed by atoms with van der Waals surface area (Å²) < 4.78 is 0. The number of ketones is 2. The molecule has 0 saturated heterocycles. The summed E-state index contributed by atoms with van der Waals surface area (Å²) >= 11 is 6.72. The average Bonchev–Trinajstić information content (AvgIpc) is 2.78. The van der Waals surface area contributed by atoms with Gasteiger partial charge in [-0.15, -0.1) is 0 Å². The van der Waals surface area contributed by atoms with Gasteiger partial charge in [0.25, 0.3) is 5.91 Å². The van der Waals surface area contributed by atoms with Crippen LogP contribution in [0.25, 0.3) is 0 Å².